The third kappa shape index (κ3) is 6.82. The molecule has 0 bridgehead atoms. The topological polar surface area (TPSA) is 49.3 Å². The Labute approximate surface area is 124 Å². The number of nitrogens with zero attached hydrogens (tertiary/aromatic N) is 2. The average molecular weight is 368 g/mol. The van der Waals surface area contributed by atoms with E-state index in [9.17, 15) is 0 Å². The SMILES string of the molecule is CN=C(NCc1ncc(C)s1)NCC(C)C.I. The summed E-state index contributed by atoms with van der Waals surface area (Å²) in [4.78, 5) is 9.68. The molecule has 1 heterocycles. The molecule has 0 amide bonds. The number of nitrogens with one attached hydrogen (secondary N) is 2. The quantitative estimate of drug-likeness (QED) is 0.488. The van der Waals surface area contributed by atoms with E-state index in [2.05, 4.69) is 41.4 Å². The Kier molecular flexibility index (Phi) is 8.49. The standard InChI is InChI=1S/C11H20N4S.HI/c1-8(2)5-14-11(12-4)15-7-10-13-6-9(3)16-10;/h6,8H,5,7H2,1-4H3,(H2,12,14,15);1H. The Morgan fingerprint density at radius 1 is 1.47 bits per heavy atom. The summed E-state index contributed by atoms with van der Waals surface area (Å²) in [5.41, 5.74) is 0. The van der Waals surface area contributed by atoms with Gasteiger partial charge in [0.05, 0.1) is 6.54 Å². The van der Waals surface area contributed by atoms with Crippen LogP contribution in [0.4, 0.5) is 0 Å². The van der Waals surface area contributed by atoms with E-state index in [0.29, 0.717) is 5.92 Å². The van der Waals surface area contributed by atoms with E-state index in [4.69, 9.17) is 0 Å². The van der Waals surface area contributed by atoms with Gasteiger partial charge in [0, 0.05) is 24.7 Å². The first kappa shape index (κ1) is 16.6. The molecule has 98 valence electrons. The molecule has 0 saturated carbocycles. The monoisotopic (exact) mass is 368 g/mol. The molecule has 0 radical (unpaired) electrons. The number of hydrogen-bond acceptors (Lipinski definition) is 3. The van der Waals surface area contributed by atoms with E-state index < -0.39 is 0 Å². The molecule has 6 heteroatoms. The highest BCUT2D eigenvalue weighted by Gasteiger charge is 2.01. The summed E-state index contributed by atoms with van der Waals surface area (Å²) < 4.78 is 0. The van der Waals surface area contributed by atoms with Crippen LogP contribution in [0.2, 0.25) is 0 Å². The van der Waals surface area contributed by atoms with Gasteiger partial charge >= 0.3 is 0 Å². The fourth-order valence-electron chi connectivity index (χ4n) is 1.16. The van der Waals surface area contributed by atoms with Gasteiger partial charge in [-0.2, -0.15) is 0 Å². The largest absolute Gasteiger partial charge is 0.356 e. The molecule has 0 fully saturated rings. The zero-order chi connectivity index (χ0) is 12.0. The van der Waals surface area contributed by atoms with Crippen LogP contribution in [0.1, 0.15) is 23.7 Å². The predicted molar refractivity (Wildman–Crippen MR) is 85.3 cm³/mol. The second kappa shape index (κ2) is 8.68. The van der Waals surface area contributed by atoms with Crippen LogP contribution < -0.4 is 10.6 Å². The lowest BCUT2D eigenvalue weighted by molar-refractivity contribution is 0.614. The third-order valence-corrected chi connectivity index (χ3v) is 2.89. The highest BCUT2D eigenvalue weighted by molar-refractivity contribution is 14.0. The van der Waals surface area contributed by atoms with Crippen molar-refractivity contribution < 1.29 is 0 Å². The highest BCUT2D eigenvalue weighted by Crippen LogP contribution is 2.10. The fraction of sp³-hybridized carbons (Fsp3) is 0.636. The molecule has 0 atom stereocenters. The molecule has 1 aromatic heterocycles. The van der Waals surface area contributed by atoms with Crippen molar-refractivity contribution in [1.82, 2.24) is 15.6 Å². The molecule has 0 aromatic carbocycles. The molecule has 0 spiro atoms. The molecule has 0 aliphatic heterocycles. The van der Waals surface area contributed by atoms with Crippen LogP contribution in [0.15, 0.2) is 11.2 Å². The van der Waals surface area contributed by atoms with Crippen LogP contribution in [0.25, 0.3) is 0 Å². The highest BCUT2D eigenvalue weighted by atomic mass is 127. The van der Waals surface area contributed by atoms with Crippen molar-refractivity contribution in [2.75, 3.05) is 13.6 Å². The van der Waals surface area contributed by atoms with Crippen LogP contribution in [0.3, 0.4) is 0 Å². The van der Waals surface area contributed by atoms with E-state index in [1.54, 1.807) is 18.4 Å². The van der Waals surface area contributed by atoms with Crippen molar-refractivity contribution in [2.24, 2.45) is 10.9 Å². The van der Waals surface area contributed by atoms with Crippen LogP contribution in [-0.2, 0) is 6.54 Å². The van der Waals surface area contributed by atoms with E-state index in [-0.39, 0.29) is 24.0 Å². The van der Waals surface area contributed by atoms with Gasteiger partial charge < -0.3 is 10.6 Å². The average Bonchev–Trinajstić information content (AvgIpc) is 2.64. The van der Waals surface area contributed by atoms with Gasteiger partial charge in [-0.1, -0.05) is 13.8 Å². The zero-order valence-corrected chi connectivity index (χ0v) is 13.9. The molecule has 0 saturated heterocycles. The molecule has 0 aliphatic rings. The molecule has 1 rings (SSSR count). The maximum Gasteiger partial charge on any atom is 0.191 e. The first-order chi connectivity index (χ1) is 7.61. The maximum absolute atomic E-state index is 4.29. The van der Waals surface area contributed by atoms with Crippen LogP contribution in [-0.4, -0.2) is 24.5 Å². The van der Waals surface area contributed by atoms with Gasteiger partial charge in [-0.15, -0.1) is 35.3 Å². The van der Waals surface area contributed by atoms with Gasteiger partial charge in [0.15, 0.2) is 5.96 Å². The molecule has 0 unspecified atom stereocenters. The summed E-state index contributed by atoms with van der Waals surface area (Å²) >= 11 is 1.71. The lowest BCUT2D eigenvalue weighted by Crippen LogP contribution is -2.38. The number of aliphatic imine (C=N–C) groups is 1. The Bertz CT molecular complexity index is 349. The molecule has 17 heavy (non-hydrogen) atoms. The first-order valence-corrected chi connectivity index (χ1v) is 6.29. The fourth-order valence-corrected chi connectivity index (χ4v) is 1.89. The minimum absolute atomic E-state index is 0. The van der Waals surface area contributed by atoms with Gasteiger partial charge in [0.25, 0.3) is 0 Å². The maximum atomic E-state index is 4.29. The summed E-state index contributed by atoms with van der Waals surface area (Å²) in [5, 5.41) is 7.59. The second-order valence-corrected chi connectivity index (χ2v) is 5.38. The van der Waals surface area contributed by atoms with E-state index in [1.807, 2.05) is 6.20 Å². The van der Waals surface area contributed by atoms with Crippen LogP contribution in [0.5, 0.6) is 0 Å². The van der Waals surface area contributed by atoms with Gasteiger partial charge in [0.2, 0.25) is 0 Å². The van der Waals surface area contributed by atoms with Crippen molar-refractivity contribution in [1.29, 1.82) is 0 Å². The first-order valence-electron chi connectivity index (χ1n) is 5.47. The number of guanidine groups is 1. The summed E-state index contributed by atoms with van der Waals surface area (Å²) in [6.07, 6.45) is 1.89. The Morgan fingerprint density at radius 2 is 2.18 bits per heavy atom. The number of hydrogen-bond donors (Lipinski definition) is 2. The predicted octanol–water partition coefficient (Wildman–Crippen LogP) is 2.39. The summed E-state index contributed by atoms with van der Waals surface area (Å²) in [7, 11) is 1.78. The van der Waals surface area contributed by atoms with Crippen molar-refractivity contribution in [2.45, 2.75) is 27.3 Å². The van der Waals surface area contributed by atoms with E-state index in [1.165, 1.54) is 4.88 Å². The van der Waals surface area contributed by atoms with Crippen LogP contribution in [0, 0.1) is 12.8 Å². The van der Waals surface area contributed by atoms with Crippen molar-refractivity contribution in [3.8, 4) is 0 Å². The molecular weight excluding hydrogens is 347 g/mol. The Hall–Kier alpha value is -0.370. The van der Waals surface area contributed by atoms with E-state index in [0.717, 1.165) is 24.1 Å². The lowest BCUT2D eigenvalue weighted by atomic mass is 10.2. The Balaban J connectivity index is 0.00000256. The second-order valence-electron chi connectivity index (χ2n) is 4.07. The van der Waals surface area contributed by atoms with Gasteiger partial charge in [-0.3, -0.25) is 4.99 Å². The zero-order valence-electron chi connectivity index (χ0n) is 10.8. The van der Waals surface area contributed by atoms with E-state index >= 15 is 0 Å². The lowest BCUT2D eigenvalue weighted by Gasteiger charge is -2.12. The number of halogens is 1. The number of aryl methyl sites for hydroxylation is 1. The summed E-state index contributed by atoms with van der Waals surface area (Å²) in [5.74, 6) is 1.45. The molecular formula is C11H21IN4S. The molecule has 2 N–H and O–H groups in total. The van der Waals surface area contributed by atoms with Crippen LogP contribution >= 0.6 is 35.3 Å². The number of aromatic nitrogens is 1. The molecule has 1 aromatic rings. The molecule has 4 nitrogen and oxygen atoms in total. The minimum atomic E-state index is 0. The van der Waals surface area contributed by atoms with Crippen molar-refractivity contribution >= 4 is 41.3 Å². The number of rotatable bonds is 4. The smallest absolute Gasteiger partial charge is 0.191 e. The van der Waals surface area contributed by atoms with Crippen molar-refractivity contribution in [3.63, 3.8) is 0 Å². The molecule has 0 aliphatic carbocycles. The van der Waals surface area contributed by atoms with Gasteiger partial charge in [-0.05, 0) is 12.8 Å². The van der Waals surface area contributed by atoms with Crippen molar-refractivity contribution in [3.05, 3.63) is 16.1 Å². The summed E-state index contributed by atoms with van der Waals surface area (Å²) in [6.45, 7) is 8.06. The summed E-state index contributed by atoms with van der Waals surface area (Å²) in [6, 6.07) is 0. The minimum Gasteiger partial charge on any atom is -0.356 e. The Morgan fingerprint density at radius 3 is 2.65 bits per heavy atom. The third-order valence-electron chi connectivity index (χ3n) is 1.98. The number of thiazole rings is 1. The normalized spacial score (nSPS) is 11.2. The van der Waals surface area contributed by atoms with Gasteiger partial charge in [0.1, 0.15) is 5.01 Å². The van der Waals surface area contributed by atoms with Gasteiger partial charge in [-0.25, -0.2) is 4.98 Å².